The maximum atomic E-state index is 10.9. The number of thiophene rings is 1. The summed E-state index contributed by atoms with van der Waals surface area (Å²) in [5.41, 5.74) is 1.39. The Bertz CT molecular complexity index is 516. The Morgan fingerprint density at radius 1 is 1.50 bits per heavy atom. The van der Waals surface area contributed by atoms with Crippen molar-refractivity contribution in [1.29, 1.82) is 0 Å². The number of carboxylic acid groups (broad SMARTS) is 1. The van der Waals surface area contributed by atoms with Gasteiger partial charge in [0.05, 0.1) is 5.56 Å². The van der Waals surface area contributed by atoms with Crippen molar-refractivity contribution in [3.05, 3.63) is 33.1 Å². The molecule has 1 aromatic heterocycles. The predicted octanol–water partition coefficient (Wildman–Crippen LogP) is 3.67. The zero-order valence-corrected chi connectivity index (χ0v) is 9.78. The quantitative estimate of drug-likeness (QED) is 0.859. The Morgan fingerprint density at radius 3 is 2.86 bits per heavy atom. The van der Waals surface area contributed by atoms with E-state index >= 15 is 0 Å². The van der Waals surface area contributed by atoms with Crippen molar-refractivity contribution >= 4 is 43.3 Å². The molecule has 2 nitrogen and oxygen atoms in total. The van der Waals surface area contributed by atoms with E-state index in [-0.39, 0.29) is 0 Å². The molecule has 1 aromatic carbocycles. The summed E-state index contributed by atoms with van der Waals surface area (Å²) in [6.07, 6.45) is 0. The topological polar surface area (TPSA) is 37.3 Å². The van der Waals surface area contributed by atoms with Crippen LogP contribution in [0, 0.1) is 6.92 Å². The van der Waals surface area contributed by atoms with Crippen molar-refractivity contribution < 1.29 is 9.90 Å². The van der Waals surface area contributed by atoms with Gasteiger partial charge in [-0.3, -0.25) is 0 Å². The maximum Gasteiger partial charge on any atom is 0.337 e. The number of halogens is 1. The van der Waals surface area contributed by atoms with Crippen LogP contribution in [-0.2, 0) is 0 Å². The summed E-state index contributed by atoms with van der Waals surface area (Å²) in [5, 5.41) is 11.5. The van der Waals surface area contributed by atoms with Gasteiger partial charge in [0.1, 0.15) is 0 Å². The SMILES string of the molecule is Cc1ccc(Br)c2scc(C(=O)O)c12. The second kappa shape index (κ2) is 3.37. The van der Waals surface area contributed by atoms with Crippen LogP contribution in [0.3, 0.4) is 0 Å². The van der Waals surface area contributed by atoms with Crippen molar-refractivity contribution in [2.45, 2.75) is 6.92 Å². The van der Waals surface area contributed by atoms with Gasteiger partial charge in [0.25, 0.3) is 0 Å². The van der Waals surface area contributed by atoms with Gasteiger partial charge in [-0.25, -0.2) is 4.79 Å². The van der Waals surface area contributed by atoms with Gasteiger partial charge in [-0.2, -0.15) is 0 Å². The lowest BCUT2D eigenvalue weighted by molar-refractivity contribution is 0.0699. The Hall–Kier alpha value is -0.870. The van der Waals surface area contributed by atoms with Gasteiger partial charge >= 0.3 is 5.97 Å². The average molecular weight is 271 g/mol. The van der Waals surface area contributed by atoms with Gasteiger partial charge < -0.3 is 5.11 Å². The van der Waals surface area contributed by atoms with E-state index in [2.05, 4.69) is 15.9 Å². The van der Waals surface area contributed by atoms with Gasteiger partial charge in [0, 0.05) is 19.9 Å². The van der Waals surface area contributed by atoms with Crippen LogP contribution in [-0.4, -0.2) is 11.1 Å². The predicted molar refractivity (Wildman–Crippen MR) is 61.2 cm³/mol. The fourth-order valence-electron chi connectivity index (χ4n) is 1.44. The van der Waals surface area contributed by atoms with Gasteiger partial charge in [0.2, 0.25) is 0 Å². The molecule has 72 valence electrons. The molecule has 4 heteroatoms. The van der Waals surface area contributed by atoms with Crippen LogP contribution in [0.2, 0.25) is 0 Å². The standard InChI is InChI=1S/C10H7BrO2S/c1-5-2-3-7(11)9-8(5)6(4-14-9)10(12)13/h2-4H,1H3,(H,12,13). The van der Waals surface area contributed by atoms with E-state index in [1.807, 2.05) is 19.1 Å². The highest BCUT2D eigenvalue weighted by molar-refractivity contribution is 9.10. The highest BCUT2D eigenvalue weighted by atomic mass is 79.9. The first kappa shape index (κ1) is 9.68. The molecule has 0 aliphatic carbocycles. The molecule has 0 unspecified atom stereocenters. The number of fused-ring (bicyclic) bond motifs is 1. The van der Waals surface area contributed by atoms with Crippen LogP contribution in [0.1, 0.15) is 15.9 Å². The zero-order chi connectivity index (χ0) is 10.3. The molecule has 2 rings (SSSR count). The maximum absolute atomic E-state index is 10.9. The fourth-order valence-corrected chi connectivity index (χ4v) is 3.07. The number of benzene rings is 1. The van der Waals surface area contributed by atoms with Gasteiger partial charge in [-0.1, -0.05) is 6.07 Å². The first-order chi connectivity index (χ1) is 6.61. The molecule has 0 spiro atoms. The largest absolute Gasteiger partial charge is 0.478 e. The highest BCUT2D eigenvalue weighted by Gasteiger charge is 2.14. The zero-order valence-electron chi connectivity index (χ0n) is 7.37. The third-order valence-corrected chi connectivity index (χ3v) is 4.05. The molecule has 0 atom stereocenters. The third-order valence-electron chi connectivity index (χ3n) is 2.11. The minimum atomic E-state index is -0.863. The molecule has 0 bridgehead atoms. The van der Waals surface area contributed by atoms with Crippen LogP contribution in [0.5, 0.6) is 0 Å². The van der Waals surface area contributed by atoms with Gasteiger partial charge in [-0.05, 0) is 34.5 Å². The van der Waals surface area contributed by atoms with Crippen LogP contribution >= 0.6 is 27.3 Å². The minimum absolute atomic E-state index is 0.392. The fraction of sp³-hybridized carbons (Fsp3) is 0.100. The van der Waals surface area contributed by atoms with E-state index in [0.29, 0.717) is 5.56 Å². The van der Waals surface area contributed by atoms with Crippen LogP contribution in [0.4, 0.5) is 0 Å². The van der Waals surface area contributed by atoms with Gasteiger partial charge in [-0.15, -0.1) is 11.3 Å². The van der Waals surface area contributed by atoms with Gasteiger partial charge in [0.15, 0.2) is 0 Å². The number of carbonyl (C=O) groups is 1. The molecule has 0 amide bonds. The normalized spacial score (nSPS) is 10.7. The van der Waals surface area contributed by atoms with Crippen molar-refractivity contribution in [1.82, 2.24) is 0 Å². The number of hydrogen-bond acceptors (Lipinski definition) is 2. The summed E-state index contributed by atoms with van der Waals surface area (Å²) in [5.74, 6) is -0.863. The number of rotatable bonds is 1. The van der Waals surface area contributed by atoms with Crippen molar-refractivity contribution in [2.24, 2.45) is 0 Å². The number of aryl methyl sites for hydroxylation is 1. The first-order valence-corrected chi connectivity index (χ1v) is 5.68. The van der Waals surface area contributed by atoms with E-state index in [4.69, 9.17) is 5.11 Å². The summed E-state index contributed by atoms with van der Waals surface area (Å²) in [7, 11) is 0. The van der Waals surface area contributed by atoms with E-state index < -0.39 is 5.97 Å². The molecule has 14 heavy (non-hydrogen) atoms. The molecule has 0 saturated carbocycles. The summed E-state index contributed by atoms with van der Waals surface area (Å²) in [6, 6.07) is 3.87. The van der Waals surface area contributed by atoms with Crippen LogP contribution < -0.4 is 0 Å². The molecule has 1 heterocycles. The monoisotopic (exact) mass is 270 g/mol. The molecule has 0 radical (unpaired) electrons. The summed E-state index contributed by atoms with van der Waals surface area (Å²) in [4.78, 5) is 10.9. The van der Waals surface area contributed by atoms with Crippen molar-refractivity contribution in [3.8, 4) is 0 Å². The van der Waals surface area contributed by atoms with Crippen LogP contribution in [0.25, 0.3) is 10.1 Å². The summed E-state index contributed by atoms with van der Waals surface area (Å²) >= 11 is 4.87. The Kier molecular flexibility index (Phi) is 2.33. The highest BCUT2D eigenvalue weighted by Crippen LogP contribution is 2.34. The second-order valence-corrected chi connectivity index (χ2v) is 4.76. The average Bonchev–Trinajstić information content (AvgIpc) is 2.56. The van der Waals surface area contributed by atoms with E-state index in [9.17, 15) is 4.79 Å². The second-order valence-electron chi connectivity index (χ2n) is 3.02. The summed E-state index contributed by atoms with van der Waals surface area (Å²) < 4.78 is 1.96. The molecule has 0 saturated heterocycles. The lowest BCUT2D eigenvalue weighted by Crippen LogP contribution is -1.94. The Labute approximate surface area is 93.3 Å². The number of aromatic carboxylic acids is 1. The van der Waals surface area contributed by atoms with E-state index in [1.165, 1.54) is 11.3 Å². The third kappa shape index (κ3) is 1.35. The molecule has 0 fully saturated rings. The minimum Gasteiger partial charge on any atom is -0.478 e. The smallest absolute Gasteiger partial charge is 0.337 e. The van der Waals surface area contributed by atoms with Crippen molar-refractivity contribution in [2.75, 3.05) is 0 Å². The van der Waals surface area contributed by atoms with Crippen LogP contribution in [0.15, 0.2) is 22.0 Å². The first-order valence-electron chi connectivity index (χ1n) is 4.01. The molecule has 2 aromatic rings. The molecule has 0 aliphatic heterocycles. The summed E-state index contributed by atoms with van der Waals surface area (Å²) in [6.45, 7) is 1.92. The Balaban J connectivity index is 2.90. The number of hydrogen-bond donors (Lipinski definition) is 1. The van der Waals surface area contributed by atoms with Crippen molar-refractivity contribution in [3.63, 3.8) is 0 Å². The molecule has 0 aliphatic rings. The van der Waals surface area contributed by atoms with E-state index in [0.717, 1.165) is 20.1 Å². The van der Waals surface area contributed by atoms with E-state index in [1.54, 1.807) is 5.38 Å². The molecule has 1 N–H and O–H groups in total. The lowest BCUT2D eigenvalue weighted by atomic mass is 10.1. The lowest BCUT2D eigenvalue weighted by Gasteiger charge is -1.99. The molecular formula is C10H7BrO2S. The molecular weight excluding hydrogens is 264 g/mol. The number of carboxylic acids is 1. The Morgan fingerprint density at radius 2 is 2.21 bits per heavy atom.